The lowest BCUT2D eigenvalue weighted by Gasteiger charge is -2.09. The van der Waals surface area contributed by atoms with Crippen LogP contribution >= 0.6 is 15.9 Å². The summed E-state index contributed by atoms with van der Waals surface area (Å²) in [6, 6.07) is 11.5. The van der Waals surface area contributed by atoms with Crippen LogP contribution in [0, 0.1) is 10.1 Å². The second-order valence-corrected chi connectivity index (χ2v) is 5.49. The summed E-state index contributed by atoms with van der Waals surface area (Å²) in [5.41, 5.74) is 6.71. The van der Waals surface area contributed by atoms with Gasteiger partial charge in [0, 0.05) is 18.2 Å². The van der Waals surface area contributed by atoms with Gasteiger partial charge in [-0.3, -0.25) is 14.9 Å². The van der Waals surface area contributed by atoms with E-state index >= 15 is 0 Å². The lowest BCUT2D eigenvalue weighted by Crippen LogP contribution is -2.05. The van der Waals surface area contributed by atoms with Gasteiger partial charge in [0.25, 0.3) is 5.69 Å². The molecule has 0 heterocycles. The van der Waals surface area contributed by atoms with Crippen molar-refractivity contribution in [1.29, 1.82) is 0 Å². The first kappa shape index (κ1) is 16.7. The molecule has 0 fully saturated rings. The van der Waals surface area contributed by atoms with Gasteiger partial charge < -0.3 is 10.5 Å². The number of nitrogens with two attached hydrogens (primary N) is 1. The van der Waals surface area contributed by atoms with Crippen LogP contribution < -0.4 is 10.5 Å². The van der Waals surface area contributed by atoms with Crippen molar-refractivity contribution < 1.29 is 14.5 Å². The van der Waals surface area contributed by atoms with Crippen LogP contribution in [0.4, 0.5) is 5.69 Å². The van der Waals surface area contributed by atoms with Gasteiger partial charge in [0.05, 0.1) is 9.40 Å². The number of ether oxygens (including phenoxy) is 1. The van der Waals surface area contributed by atoms with E-state index in [0.717, 1.165) is 15.6 Å². The van der Waals surface area contributed by atoms with Crippen LogP contribution in [0.3, 0.4) is 0 Å². The highest BCUT2D eigenvalue weighted by molar-refractivity contribution is 9.10. The summed E-state index contributed by atoms with van der Waals surface area (Å²) in [5.74, 6) is 0.110. The minimum atomic E-state index is -0.514. The number of hydrogen-bond donors (Lipinski definition) is 1. The molecule has 2 aromatic carbocycles. The molecule has 0 radical (unpaired) electrons. The molecule has 0 spiro atoms. The monoisotopic (exact) mass is 376 g/mol. The predicted octanol–water partition coefficient (Wildman–Crippen LogP) is 3.43. The maximum Gasteiger partial charge on any atom is 0.269 e. The molecule has 0 atom stereocenters. The van der Waals surface area contributed by atoms with E-state index < -0.39 is 10.8 Å². The van der Waals surface area contributed by atoms with E-state index in [-0.39, 0.29) is 12.3 Å². The standard InChI is InChI=1S/C16H13BrN2O4/c17-14-9-11(4-8-16(18)20)3-7-15(14)23-10-12-1-5-13(6-2-12)19(21)22/h1-9H,10H2,(H2,18,20)/b8-4+. The molecule has 0 unspecified atom stereocenters. The number of nitro groups is 1. The Morgan fingerprint density at radius 3 is 2.52 bits per heavy atom. The number of amides is 1. The quantitative estimate of drug-likeness (QED) is 0.474. The summed E-state index contributed by atoms with van der Waals surface area (Å²) in [7, 11) is 0. The molecule has 2 N–H and O–H groups in total. The minimum absolute atomic E-state index is 0.0421. The highest BCUT2D eigenvalue weighted by Crippen LogP contribution is 2.27. The zero-order valence-electron chi connectivity index (χ0n) is 11.9. The van der Waals surface area contributed by atoms with Gasteiger partial charge in [0.15, 0.2) is 0 Å². The molecular formula is C16H13BrN2O4. The van der Waals surface area contributed by atoms with Gasteiger partial charge in [-0.05, 0) is 57.4 Å². The van der Waals surface area contributed by atoms with E-state index in [1.165, 1.54) is 18.2 Å². The Morgan fingerprint density at radius 2 is 1.96 bits per heavy atom. The first-order chi connectivity index (χ1) is 11.0. The van der Waals surface area contributed by atoms with Crippen molar-refractivity contribution in [2.45, 2.75) is 6.61 Å². The van der Waals surface area contributed by atoms with Crippen molar-refractivity contribution in [3.05, 3.63) is 74.3 Å². The maximum absolute atomic E-state index is 10.7. The highest BCUT2D eigenvalue weighted by atomic mass is 79.9. The molecule has 0 aliphatic rings. The maximum atomic E-state index is 10.7. The molecule has 2 rings (SSSR count). The average Bonchev–Trinajstić information content (AvgIpc) is 2.52. The molecule has 2 aromatic rings. The van der Waals surface area contributed by atoms with Crippen LogP contribution in [0.1, 0.15) is 11.1 Å². The average molecular weight is 377 g/mol. The number of nitrogens with zero attached hydrogens (tertiary/aromatic N) is 1. The van der Waals surface area contributed by atoms with Gasteiger partial charge in [-0.15, -0.1) is 0 Å². The number of non-ortho nitro benzene ring substituents is 1. The van der Waals surface area contributed by atoms with Crippen molar-refractivity contribution in [2.24, 2.45) is 5.73 Å². The Labute approximate surface area is 140 Å². The topological polar surface area (TPSA) is 95.5 Å². The Kier molecular flexibility index (Phi) is 5.48. The first-order valence-corrected chi connectivity index (χ1v) is 7.38. The van der Waals surface area contributed by atoms with Crippen molar-refractivity contribution in [3.63, 3.8) is 0 Å². The van der Waals surface area contributed by atoms with E-state index in [9.17, 15) is 14.9 Å². The molecule has 0 saturated carbocycles. The lowest BCUT2D eigenvalue weighted by atomic mass is 10.2. The molecule has 23 heavy (non-hydrogen) atoms. The second-order valence-electron chi connectivity index (χ2n) is 4.64. The van der Waals surface area contributed by atoms with Gasteiger partial charge in [0.2, 0.25) is 5.91 Å². The largest absolute Gasteiger partial charge is 0.488 e. The summed E-state index contributed by atoms with van der Waals surface area (Å²) >= 11 is 3.39. The normalized spacial score (nSPS) is 10.7. The second kappa shape index (κ2) is 7.55. The fourth-order valence-electron chi connectivity index (χ4n) is 1.79. The van der Waals surface area contributed by atoms with Crippen LogP contribution in [0.25, 0.3) is 6.08 Å². The van der Waals surface area contributed by atoms with Gasteiger partial charge >= 0.3 is 0 Å². The third-order valence-electron chi connectivity index (χ3n) is 2.94. The van der Waals surface area contributed by atoms with Crippen LogP contribution in [-0.2, 0) is 11.4 Å². The van der Waals surface area contributed by atoms with Crippen LogP contribution in [0.5, 0.6) is 5.75 Å². The zero-order valence-corrected chi connectivity index (χ0v) is 13.5. The Bertz CT molecular complexity index is 757. The number of benzene rings is 2. The van der Waals surface area contributed by atoms with Crippen LogP contribution in [-0.4, -0.2) is 10.8 Å². The SMILES string of the molecule is NC(=O)/C=C/c1ccc(OCc2ccc([N+](=O)[O-])cc2)c(Br)c1. The van der Waals surface area contributed by atoms with Crippen molar-refractivity contribution in [2.75, 3.05) is 0 Å². The first-order valence-electron chi connectivity index (χ1n) is 6.59. The smallest absolute Gasteiger partial charge is 0.269 e. The zero-order chi connectivity index (χ0) is 16.8. The van der Waals surface area contributed by atoms with Gasteiger partial charge in [0.1, 0.15) is 12.4 Å². The molecule has 0 aliphatic carbocycles. The predicted molar refractivity (Wildman–Crippen MR) is 89.8 cm³/mol. The Balaban J connectivity index is 2.03. The number of hydrogen-bond acceptors (Lipinski definition) is 4. The van der Waals surface area contributed by atoms with Gasteiger partial charge in [-0.25, -0.2) is 0 Å². The van der Waals surface area contributed by atoms with Crippen LogP contribution in [0.2, 0.25) is 0 Å². The molecule has 0 bridgehead atoms. The third-order valence-corrected chi connectivity index (χ3v) is 3.56. The molecule has 0 aromatic heterocycles. The van der Waals surface area contributed by atoms with E-state index in [0.29, 0.717) is 5.75 Å². The number of rotatable bonds is 6. The van der Waals surface area contributed by atoms with Gasteiger partial charge in [-0.1, -0.05) is 6.07 Å². The lowest BCUT2D eigenvalue weighted by molar-refractivity contribution is -0.384. The minimum Gasteiger partial charge on any atom is -0.488 e. The van der Waals surface area contributed by atoms with E-state index in [1.54, 1.807) is 36.4 Å². The van der Waals surface area contributed by atoms with Crippen molar-refractivity contribution >= 4 is 33.6 Å². The molecule has 0 aliphatic heterocycles. The fraction of sp³-hybridized carbons (Fsp3) is 0.0625. The number of carbonyl (C=O) groups excluding carboxylic acids is 1. The molecule has 7 heteroatoms. The summed E-state index contributed by atoms with van der Waals surface area (Å²) in [5, 5.41) is 10.6. The summed E-state index contributed by atoms with van der Waals surface area (Å²) < 4.78 is 6.40. The number of primary amides is 1. The molecule has 1 amide bonds. The molecule has 6 nitrogen and oxygen atoms in total. The van der Waals surface area contributed by atoms with Gasteiger partial charge in [-0.2, -0.15) is 0 Å². The Morgan fingerprint density at radius 1 is 1.26 bits per heavy atom. The molecular weight excluding hydrogens is 364 g/mol. The number of nitro benzene ring substituents is 1. The summed E-state index contributed by atoms with van der Waals surface area (Å²) in [6.45, 7) is 0.285. The van der Waals surface area contributed by atoms with Crippen LogP contribution in [0.15, 0.2) is 53.0 Å². The summed E-state index contributed by atoms with van der Waals surface area (Å²) in [4.78, 5) is 20.9. The number of carbonyl (C=O) groups is 1. The van der Waals surface area contributed by atoms with E-state index in [4.69, 9.17) is 10.5 Å². The highest BCUT2D eigenvalue weighted by Gasteiger charge is 2.06. The van der Waals surface area contributed by atoms with E-state index in [1.807, 2.05) is 0 Å². The van der Waals surface area contributed by atoms with Crippen molar-refractivity contribution in [1.82, 2.24) is 0 Å². The third kappa shape index (κ3) is 4.93. The number of halogens is 1. The molecule has 118 valence electrons. The van der Waals surface area contributed by atoms with E-state index in [2.05, 4.69) is 15.9 Å². The molecule has 0 saturated heterocycles. The fourth-order valence-corrected chi connectivity index (χ4v) is 2.30. The Hall–Kier alpha value is -2.67. The van der Waals surface area contributed by atoms with Crippen molar-refractivity contribution in [3.8, 4) is 5.75 Å². The summed E-state index contributed by atoms with van der Waals surface area (Å²) in [6.07, 6.45) is 2.88.